The molecule has 126 valence electrons. The zero-order valence-corrected chi connectivity index (χ0v) is 13.3. The van der Waals surface area contributed by atoms with E-state index in [1.54, 1.807) is 0 Å². The number of anilines is 1. The summed E-state index contributed by atoms with van der Waals surface area (Å²) in [5.41, 5.74) is 0.238. The van der Waals surface area contributed by atoms with Crippen LogP contribution in [0.1, 0.15) is 19.8 Å². The highest BCUT2D eigenvalue weighted by Crippen LogP contribution is 2.16. The quantitative estimate of drug-likeness (QED) is 0.746. The van der Waals surface area contributed by atoms with Gasteiger partial charge in [0.15, 0.2) is 12.2 Å². The van der Waals surface area contributed by atoms with Crippen molar-refractivity contribution in [2.75, 3.05) is 11.9 Å². The van der Waals surface area contributed by atoms with Crippen LogP contribution in [0.2, 0.25) is 0 Å². The number of hydrogen-bond acceptors (Lipinski definition) is 6. The highest BCUT2D eigenvalue weighted by atomic mass is 32.2. The van der Waals surface area contributed by atoms with Crippen molar-refractivity contribution in [3.63, 3.8) is 0 Å². The topological polar surface area (TPSA) is 125 Å². The van der Waals surface area contributed by atoms with Crippen molar-refractivity contribution in [1.82, 2.24) is 0 Å². The number of sulfonamides is 1. The molecule has 0 aliphatic carbocycles. The molecule has 2 rings (SSSR count). The lowest BCUT2D eigenvalue weighted by Gasteiger charge is -2.16. The summed E-state index contributed by atoms with van der Waals surface area (Å²) in [5.74, 6) is -1.16. The molecule has 1 aliphatic rings. The van der Waals surface area contributed by atoms with E-state index in [9.17, 15) is 18.0 Å². The van der Waals surface area contributed by atoms with Gasteiger partial charge in [-0.2, -0.15) is 0 Å². The molecule has 1 aromatic carbocycles. The highest BCUT2D eigenvalue weighted by molar-refractivity contribution is 7.89. The van der Waals surface area contributed by atoms with Crippen LogP contribution in [-0.4, -0.2) is 39.1 Å². The Bertz CT molecular complexity index is 697. The second kappa shape index (κ2) is 7.07. The van der Waals surface area contributed by atoms with Gasteiger partial charge in [0.25, 0.3) is 5.91 Å². The van der Waals surface area contributed by atoms with Gasteiger partial charge in [0.1, 0.15) is 0 Å². The van der Waals surface area contributed by atoms with Gasteiger partial charge in [0, 0.05) is 12.3 Å². The van der Waals surface area contributed by atoms with E-state index in [0.717, 1.165) is 6.42 Å². The van der Waals surface area contributed by atoms with Gasteiger partial charge < -0.3 is 14.8 Å². The number of amides is 1. The first-order valence-corrected chi connectivity index (χ1v) is 8.58. The van der Waals surface area contributed by atoms with Crippen LogP contribution in [0.5, 0.6) is 0 Å². The van der Waals surface area contributed by atoms with Crippen LogP contribution in [0.25, 0.3) is 0 Å². The zero-order valence-electron chi connectivity index (χ0n) is 12.5. The number of carbonyl (C=O) groups excluding carboxylic acids is 2. The van der Waals surface area contributed by atoms with E-state index in [2.05, 4.69) is 5.32 Å². The normalized spacial score (nSPS) is 19.1. The summed E-state index contributed by atoms with van der Waals surface area (Å²) in [5, 5.41) is 7.50. The van der Waals surface area contributed by atoms with Crippen LogP contribution < -0.4 is 10.5 Å². The van der Waals surface area contributed by atoms with Gasteiger partial charge in [-0.1, -0.05) is 6.07 Å². The van der Waals surface area contributed by atoms with Gasteiger partial charge in [0.05, 0.1) is 4.90 Å². The minimum absolute atomic E-state index is 0.126. The smallest absolute Gasteiger partial charge is 0.336 e. The first kappa shape index (κ1) is 17.4. The number of benzene rings is 1. The van der Waals surface area contributed by atoms with Gasteiger partial charge in [-0.25, -0.2) is 18.4 Å². The predicted molar refractivity (Wildman–Crippen MR) is 81.0 cm³/mol. The van der Waals surface area contributed by atoms with E-state index in [-0.39, 0.29) is 10.6 Å². The Labute approximate surface area is 134 Å². The van der Waals surface area contributed by atoms with Crippen LogP contribution in [-0.2, 0) is 29.1 Å². The first-order valence-electron chi connectivity index (χ1n) is 7.03. The van der Waals surface area contributed by atoms with Crippen molar-refractivity contribution in [2.24, 2.45) is 5.14 Å². The third-order valence-corrected chi connectivity index (χ3v) is 4.20. The fraction of sp³-hybridized carbons (Fsp3) is 0.429. The number of rotatable bonds is 5. The fourth-order valence-electron chi connectivity index (χ4n) is 2.06. The molecule has 2 atom stereocenters. The number of nitrogens with two attached hydrogens (primary N) is 1. The molecule has 0 aromatic heterocycles. The summed E-state index contributed by atoms with van der Waals surface area (Å²) >= 11 is 0. The average Bonchev–Trinajstić information content (AvgIpc) is 3.00. The van der Waals surface area contributed by atoms with Crippen LogP contribution in [0.3, 0.4) is 0 Å². The van der Waals surface area contributed by atoms with E-state index < -0.39 is 34.1 Å². The Morgan fingerprint density at radius 1 is 1.43 bits per heavy atom. The summed E-state index contributed by atoms with van der Waals surface area (Å²) in [7, 11) is -3.86. The van der Waals surface area contributed by atoms with Gasteiger partial charge in [-0.3, -0.25) is 4.79 Å². The standard InChI is InChI=1S/C14H18N2O6S/c1-9(22-14(18)12-6-3-7-21-12)13(17)16-10-4-2-5-11(8-10)23(15,19)20/h2,4-5,8-9,12H,3,6-7H2,1H3,(H,16,17)(H2,15,19,20)/t9-,12+/m0/s1. The van der Waals surface area contributed by atoms with Crippen molar-refractivity contribution in [1.29, 1.82) is 0 Å². The van der Waals surface area contributed by atoms with Crippen LogP contribution in [0.15, 0.2) is 29.2 Å². The molecule has 1 heterocycles. The molecule has 0 saturated carbocycles. The second-order valence-corrected chi connectivity index (χ2v) is 6.70. The van der Waals surface area contributed by atoms with Crippen molar-refractivity contribution in [2.45, 2.75) is 36.9 Å². The third kappa shape index (κ3) is 4.75. The molecule has 0 radical (unpaired) electrons. The maximum Gasteiger partial charge on any atom is 0.336 e. The minimum atomic E-state index is -3.86. The van der Waals surface area contributed by atoms with E-state index in [0.29, 0.717) is 13.0 Å². The molecule has 8 nitrogen and oxygen atoms in total. The Balaban J connectivity index is 1.97. The number of ether oxygens (including phenoxy) is 2. The molecular formula is C14H18N2O6S. The van der Waals surface area contributed by atoms with Crippen LogP contribution in [0, 0.1) is 0 Å². The molecule has 1 aromatic rings. The summed E-state index contributed by atoms with van der Waals surface area (Å²) in [6.07, 6.45) is -0.314. The van der Waals surface area contributed by atoms with Crippen LogP contribution >= 0.6 is 0 Å². The molecule has 1 saturated heterocycles. The van der Waals surface area contributed by atoms with Gasteiger partial charge in [0.2, 0.25) is 10.0 Å². The Kier molecular flexibility index (Phi) is 5.34. The van der Waals surface area contributed by atoms with Crippen molar-refractivity contribution in [3.8, 4) is 0 Å². The molecule has 0 unspecified atom stereocenters. The van der Waals surface area contributed by atoms with Gasteiger partial charge in [-0.15, -0.1) is 0 Å². The molecule has 0 spiro atoms. The third-order valence-electron chi connectivity index (χ3n) is 3.28. The summed E-state index contributed by atoms with van der Waals surface area (Å²) in [6.45, 7) is 1.92. The molecule has 0 bridgehead atoms. The highest BCUT2D eigenvalue weighted by Gasteiger charge is 2.28. The molecule has 1 aliphatic heterocycles. The van der Waals surface area contributed by atoms with E-state index in [1.807, 2.05) is 0 Å². The van der Waals surface area contributed by atoms with E-state index in [1.165, 1.54) is 31.2 Å². The molecular weight excluding hydrogens is 324 g/mol. The van der Waals surface area contributed by atoms with Crippen LogP contribution in [0.4, 0.5) is 5.69 Å². The molecule has 1 fully saturated rings. The maximum absolute atomic E-state index is 12.0. The lowest BCUT2D eigenvalue weighted by Crippen LogP contribution is -2.34. The molecule has 23 heavy (non-hydrogen) atoms. The second-order valence-electron chi connectivity index (χ2n) is 5.14. The number of primary sulfonamides is 1. The number of carbonyl (C=O) groups is 2. The molecule has 1 amide bonds. The monoisotopic (exact) mass is 342 g/mol. The Morgan fingerprint density at radius 2 is 2.17 bits per heavy atom. The van der Waals surface area contributed by atoms with Crippen molar-refractivity contribution >= 4 is 27.6 Å². The maximum atomic E-state index is 12.0. The molecule has 3 N–H and O–H groups in total. The Morgan fingerprint density at radius 3 is 2.78 bits per heavy atom. The van der Waals surface area contributed by atoms with Crippen molar-refractivity contribution < 1.29 is 27.5 Å². The van der Waals surface area contributed by atoms with Gasteiger partial charge >= 0.3 is 5.97 Å². The summed E-state index contributed by atoms with van der Waals surface area (Å²) in [6, 6.07) is 5.48. The molecule has 9 heteroatoms. The lowest BCUT2D eigenvalue weighted by molar-refractivity contribution is -0.162. The predicted octanol–water partition coefficient (Wildman–Crippen LogP) is 0.383. The average molecular weight is 342 g/mol. The first-order chi connectivity index (χ1) is 10.8. The van der Waals surface area contributed by atoms with E-state index >= 15 is 0 Å². The number of hydrogen-bond donors (Lipinski definition) is 2. The number of nitrogens with one attached hydrogen (secondary N) is 1. The minimum Gasteiger partial charge on any atom is -0.451 e. The van der Waals surface area contributed by atoms with E-state index in [4.69, 9.17) is 14.6 Å². The zero-order chi connectivity index (χ0) is 17.0. The number of esters is 1. The Hall–Kier alpha value is -1.97. The van der Waals surface area contributed by atoms with Gasteiger partial charge in [-0.05, 0) is 38.0 Å². The summed E-state index contributed by atoms with van der Waals surface area (Å²) < 4.78 is 32.8. The van der Waals surface area contributed by atoms with Crippen molar-refractivity contribution in [3.05, 3.63) is 24.3 Å². The SMILES string of the molecule is C[C@H](OC(=O)[C@H]1CCCO1)C(=O)Nc1cccc(S(N)(=O)=O)c1. The summed E-state index contributed by atoms with van der Waals surface area (Å²) in [4.78, 5) is 23.7. The fourth-order valence-corrected chi connectivity index (χ4v) is 2.62. The lowest BCUT2D eigenvalue weighted by atomic mass is 10.2. The largest absolute Gasteiger partial charge is 0.451 e.